The molecule has 1 aromatic rings. The number of fused-ring (bicyclic) bond motifs is 1. The monoisotopic (exact) mass is 210 g/mol. The molecule has 0 atom stereocenters. The van der Waals surface area contributed by atoms with Crippen molar-refractivity contribution in [1.29, 1.82) is 0 Å². The van der Waals surface area contributed by atoms with Gasteiger partial charge in [-0.3, -0.25) is 4.79 Å². The van der Waals surface area contributed by atoms with Gasteiger partial charge in [0, 0.05) is 6.42 Å². The van der Waals surface area contributed by atoms with Gasteiger partial charge in [-0.2, -0.15) is 4.99 Å². The van der Waals surface area contributed by atoms with Gasteiger partial charge in [0.05, 0.1) is 10.6 Å². The molecule has 0 fully saturated rings. The first-order valence-electron chi connectivity index (χ1n) is 4.29. The number of hydrogen-bond donors (Lipinski definition) is 2. The SMILES string of the molecule is NC(N)=Nc1nc2c(s1)C(=O)CCC2. The van der Waals surface area contributed by atoms with Crippen molar-refractivity contribution >= 4 is 28.2 Å². The van der Waals surface area contributed by atoms with E-state index in [0.717, 1.165) is 23.4 Å². The first-order chi connectivity index (χ1) is 6.66. The van der Waals surface area contributed by atoms with Crippen LogP contribution in [0.1, 0.15) is 28.2 Å². The van der Waals surface area contributed by atoms with Crippen LogP contribution in [0.2, 0.25) is 0 Å². The number of guanidine groups is 1. The molecule has 1 aromatic heterocycles. The van der Waals surface area contributed by atoms with Crippen molar-refractivity contribution in [3.8, 4) is 0 Å². The number of Topliss-reactive ketones (excluding diaryl/α,β-unsaturated/α-hetero) is 1. The van der Waals surface area contributed by atoms with E-state index in [1.807, 2.05) is 0 Å². The molecule has 0 saturated heterocycles. The van der Waals surface area contributed by atoms with Crippen LogP contribution in [-0.4, -0.2) is 16.7 Å². The Morgan fingerprint density at radius 2 is 2.21 bits per heavy atom. The highest BCUT2D eigenvalue weighted by Gasteiger charge is 2.21. The van der Waals surface area contributed by atoms with E-state index in [4.69, 9.17) is 11.5 Å². The number of aliphatic imine (C=N–C) groups is 1. The van der Waals surface area contributed by atoms with E-state index in [1.54, 1.807) is 0 Å². The van der Waals surface area contributed by atoms with Gasteiger partial charge in [0.2, 0.25) is 5.13 Å². The summed E-state index contributed by atoms with van der Waals surface area (Å²) in [5.41, 5.74) is 11.3. The third-order valence-electron chi connectivity index (χ3n) is 1.98. The Morgan fingerprint density at radius 1 is 1.43 bits per heavy atom. The van der Waals surface area contributed by atoms with Crippen LogP contribution in [0.4, 0.5) is 5.13 Å². The third kappa shape index (κ3) is 1.60. The Balaban J connectivity index is 2.40. The van der Waals surface area contributed by atoms with Crippen molar-refractivity contribution in [2.75, 3.05) is 0 Å². The lowest BCUT2D eigenvalue weighted by Gasteiger charge is -2.05. The van der Waals surface area contributed by atoms with Crippen LogP contribution >= 0.6 is 11.3 Å². The molecule has 0 amide bonds. The van der Waals surface area contributed by atoms with Gasteiger partial charge in [-0.15, -0.1) is 0 Å². The van der Waals surface area contributed by atoms with E-state index >= 15 is 0 Å². The number of thiazole rings is 1. The lowest BCUT2D eigenvalue weighted by molar-refractivity contribution is 0.0976. The number of carbonyl (C=O) groups excluding carboxylic acids is 1. The number of nitrogens with two attached hydrogens (primary N) is 2. The van der Waals surface area contributed by atoms with Crippen LogP contribution in [0.25, 0.3) is 0 Å². The Hall–Kier alpha value is -1.43. The van der Waals surface area contributed by atoms with E-state index < -0.39 is 0 Å². The quantitative estimate of drug-likeness (QED) is 0.523. The van der Waals surface area contributed by atoms with Crippen LogP contribution in [0.5, 0.6) is 0 Å². The first kappa shape index (κ1) is 9.14. The van der Waals surface area contributed by atoms with Crippen LogP contribution in [-0.2, 0) is 6.42 Å². The maximum absolute atomic E-state index is 11.4. The molecular weight excluding hydrogens is 200 g/mol. The van der Waals surface area contributed by atoms with E-state index in [9.17, 15) is 4.79 Å². The number of aryl methyl sites for hydroxylation is 1. The number of hydrogen-bond acceptors (Lipinski definition) is 4. The van der Waals surface area contributed by atoms with E-state index in [0.29, 0.717) is 11.6 Å². The van der Waals surface area contributed by atoms with Crippen LogP contribution in [0.15, 0.2) is 4.99 Å². The summed E-state index contributed by atoms with van der Waals surface area (Å²) in [6.45, 7) is 0. The number of aromatic nitrogens is 1. The largest absolute Gasteiger partial charge is 0.370 e. The second-order valence-electron chi connectivity index (χ2n) is 3.09. The smallest absolute Gasteiger partial charge is 0.213 e. The number of rotatable bonds is 1. The zero-order valence-electron chi connectivity index (χ0n) is 7.49. The molecule has 2 rings (SSSR count). The van der Waals surface area contributed by atoms with Crippen molar-refractivity contribution in [3.05, 3.63) is 10.6 Å². The topological polar surface area (TPSA) is 94.4 Å². The standard InChI is InChI=1S/C8H10N4OS/c9-7(10)12-8-11-4-2-1-3-5(13)6(4)14-8/h1-3H2,(H4,9,10,11,12). The Labute approximate surface area is 84.8 Å². The average molecular weight is 210 g/mol. The predicted molar refractivity (Wildman–Crippen MR) is 54.9 cm³/mol. The van der Waals surface area contributed by atoms with Gasteiger partial charge in [0.25, 0.3) is 0 Å². The highest BCUT2D eigenvalue weighted by Crippen LogP contribution is 2.30. The minimum atomic E-state index is -0.0245. The van der Waals surface area contributed by atoms with E-state index in [1.165, 1.54) is 11.3 Å². The molecule has 5 nitrogen and oxygen atoms in total. The summed E-state index contributed by atoms with van der Waals surface area (Å²) in [7, 11) is 0. The summed E-state index contributed by atoms with van der Waals surface area (Å²) < 4.78 is 0. The van der Waals surface area contributed by atoms with Gasteiger partial charge < -0.3 is 11.5 Å². The predicted octanol–water partition coefficient (Wildman–Crippen LogP) is 0.567. The summed E-state index contributed by atoms with van der Waals surface area (Å²) in [5, 5.41) is 0.477. The summed E-state index contributed by atoms with van der Waals surface area (Å²) in [5.74, 6) is 0.129. The van der Waals surface area contributed by atoms with Crippen molar-refractivity contribution in [2.24, 2.45) is 16.5 Å². The number of nitrogens with zero attached hydrogens (tertiary/aromatic N) is 2. The average Bonchev–Trinajstić information content (AvgIpc) is 2.47. The fourth-order valence-electron chi connectivity index (χ4n) is 1.41. The van der Waals surface area contributed by atoms with Gasteiger partial charge in [-0.25, -0.2) is 4.98 Å². The molecule has 0 unspecified atom stereocenters. The van der Waals surface area contributed by atoms with Gasteiger partial charge in [-0.1, -0.05) is 11.3 Å². The molecule has 74 valence electrons. The minimum Gasteiger partial charge on any atom is -0.370 e. The molecule has 0 radical (unpaired) electrons. The molecule has 0 aromatic carbocycles. The fraction of sp³-hybridized carbons (Fsp3) is 0.375. The summed E-state index contributed by atoms with van der Waals surface area (Å²) in [6, 6.07) is 0. The summed E-state index contributed by atoms with van der Waals surface area (Å²) in [6.07, 6.45) is 2.32. The molecule has 14 heavy (non-hydrogen) atoms. The summed E-state index contributed by atoms with van der Waals surface area (Å²) in [4.78, 5) is 20.2. The second-order valence-corrected chi connectivity index (χ2v) is 4.06. The Morgan fingerprint density at radius 3 is 2.86 bits per heavy atom. The molecule has 4 N–H and O–H groups in total. The van der Waals surface area contributed by atoms with Gasteiger partial charge in [0.1, 0.15) is 0 Å². The molecular formula is C8H10N4OS. The number of ketones is 1. The molecule has 0 bridgehead atoms. The van der Waals surface area contributed by atoms with Gasteiger partial charge in [0.15, 0.2) is 11.7 Å². The normalized spacial score (nSPS) is 15.0. The third-order valence-corrected chi connectivity index (χ3v) is 3.01. The molecule has 0 aliphatic heterocycles. The molecule has 1 aliphatic carbocycles. The molecule has 6 heteroatoms. The van der Waals surface area contributed by atoms with E-state index in [-0.39, 0.29) is 11.7 Å². The van der Waals surface area contributed by atoms with Gasteiger partial charge >= 0.3 is 0 Å². The van der Waals surface area contributed by atoms with Gasteiger partial charge in [-0.05, 0) is 12.8 Å². The molecule has 1 aliphatic rings. The zero-order chi connectivity index (χ0) is 10.1. The molecule has 1 heterocycles. The Bertz CT molecular complexity index is 405. The fourth-order valence-corrected chi connectivity index (χ4v) is 2.39. The van der Waals surface area contributed by atoms with E-state index in [2.05, 4.69) is 9.98 Å². The lowest BCUT2D eigenvalue weighted by Crippen LogP contribution is -2.21. The maximum Gasteiger partial charge on any atom is 0.213 e. The van der Waals surface area contributed by atoms with Crippen LogP contribution in [0, 0.1) is 0 Å². The number of carbonyl (C=O) groups is 1. The van der Waals surface area contributed by atoms with Crippen molar-refractivity contribution in [1.82, 2.24) is 4.98 Å². The van der Waals surface area contributed by atoms with Crippen molar-refractivity contribution in [2.45, 2.75) is 19.3 Å². The van der Waals surface area contributed by atoms with Crippen LogP contribution in [0.3, 0.4) is 0 Å². The summed E-state index contributed by atoms with van der Waals surface area (Å²) >= 11 is 1.26. The highest BCUT2D eigenvalue weighted by atomic mass is 32.1. The maximum atomic E-state index is 11.4. The molecule has 0 spiro atoms. The first-order valence-corrected chi connectivity index (χ1v) is 5.11. The Kier molecular flexibility index (Phi) is 2.20. The van der Waals surface area contributed by atoms with Crippen molar-refractivity contribution < 1.29 is 4.79 Å². The minimum absolute atomic E-state index is 0.0245. The zero-order valence-corrected chi connectivity index (χ0v) is 8.30. The van der Waals surface area contributed by atoms with Crippen LogP contribution < -0.4 is 11.5 Å². The molecule has 0 saturated carbocycles. The van der Waals surface area contributed by atoms with Crippen molar-refractivity contribution in [3.63, 3.8) is 0 Å². The second kappa shape index (κ2) is 3.38. The lowest BCUT2D eigenvalue weighted by atomic mass is 10.0. The highest BCUT2D eigenvalue weighted by molar-refractivity contribution is 7.17.